The maximum absolute atomic E-state index is 11.3. The zero-order chi connectivity index (χ0) is 33.6. The maximum atomic E-state index is 11.3. The van der Waals surface area contributed by atoms with E-state index >= 15 is 0 Å². The third-order valence-electron chi connectivity index (χ3n) is 8.33. The molecule has 250 valence electrons. The molecule has 0 saturated heterocycles. The molecule has 1 N–H and O–H groups in total. The summed E-state index contributed by atoms with van der Waals surface area (Å²) < 4.78 is 0. The number of phenols is 1. The number of rotatable bonds is 10. The van der Waals surface area contributed by atoms with E-state index in [1.165, 1.54) is 5.30 Å². The molecular weight excluding hydrogens is 813 g/mol. The summed E-state index contributed by atoms with van der Waals surface area (Å²) >= 11 is 0. The van der Waals surface area contributed by atoms with E-state index in [4.69, 9.17) is 9.97 Å². The molecule has 7 rings (SSSR count). The molecule has 0 spiro atoms. The van der Waals surface area contributed by atoms with Gasteiger partial charge in [-0.25, -0.2) is 0 Å². The molecular formula is C44H37N3OPPt-. The van der Waals surface area contributed by atoms with Crippen molar-refractivity contribution < 1.29 is 26.2 Å². The van der Waals surface area contributed by atoms with Crippen LogP contribution in [-0.2, 0) is 27.5 Å². The molecule has 1 unspecified atom stereocenters. The van der Waals surface area contributed by atoms with E-state index in [1.807, 2.05) is 54.7 Å². The molecule has 7 aromatic rings. The minimum Gasteiger partial charge on any atom is -0.507 e. The number of benzene rings is 5. The molecule has 2 aromatic heterocycles. The molecule has 0 amide bonds. The van der Waals surface area contributed by atoms with Gasteiger partial charge in [0, 0.05) is 55.5 Å². The van der Waals surface area contributed by atoms with Crippen LogP contribution in [0.25, 0.3) is 22.5 Å². The SMILES string of the molecule is CC(C)Cc1c(N(c2ccccc2)c2ccccc2)cc(-c2[c-]c(P(c3ccccc3)c3ccccn3)ccc2)nc1-c1ccccc1O.[Pt]. The van der Waals surface area contributed by atoms with Crippen molar-refractivity contribution in [2.24, 2.45) is 5.92 Å². The molecule has 0 radical (unpaired) electrons. The zero-order valence-corrected chi connectivity index (χ0v) is 31.1. The third-order valence-corrected chi connectivity index (χ3v) is 10.6. The van der Waals surface area contributed by atoms with Crippen molar-refractivity contribution in [2.45, 2.75) is 20.3 Å². The monoisotopic (exact) mass is 849 g/mol. The van der Waals surface area contributed by atoms with Crippen LogP contribution in [0.15, 0.2) is 164 Å². The van der Waals surface area contributed by atoms with Gasteiger partial charge >= 0.3 is 0 Å². The van der Waals surface area contributed by atoms with Crippen LogP contribution in [0.1, 0.15) is 19.4 Å². The van der Waals surface area contributed by atoms with E-state index in [0.29, 0.717) is 11.5 Å². The predicted octanol–water partition coefficient (Wildman–Crippen LogP) is 9.74. The van der Waals surface area contributed by atoms with Crippen molar-refractivity contribution in [3.8, 4) is 28.3 Å². The van der Waals surface area contributed by atoms with Gasteiger partial charge in [0.25, 0.3) is 0 Å². The van der Waals surface area contributed by atoms with Crippen LogP contribution in [0.2, 0.25) is 0 Å². The van der Waals surface area contributed by atoms with Crippen LogP contribution < -0.4 is 20.9 Å². The van der Waals surface area contributed by atoms with Crippen LogP contribution in [0.4, 0.5) is 17.1 Å². The first-order valence-corrected chi connectivity index (χ1v) is 17.9. The van der Waals surface area contributed by atoms with Crippen molar-refractivity contribution in [2.75, 3.05) is 4.90 Å². The number of hydrogen-bond acceptors (Lipinski definition) is 4. The van der Waals surface area contributed by atoms with E-state index in [0.717, 1.165) is 56.7 Å². The number of para-hydroxylation sites is 3. The van der Waals surface area contributed by atoms with Crippen molar-refractivity contribution >= 4 is 41.0 Å². The van der Waals surface area contributed by atoms with Crippen LogP contribution in [-0.4, -0.2) is 15.1 Å². The Hall–Kier alpha value is -4.88. The molecule has 6 heteroatoms. The van der Waals surface area contributed by atoms with Gasteiger partial charge in [-0.2, -0.15) is 0 Å². The molecule has 0 aliphatic carbocycles. The summed E-state index contributed by atoms with van der Waals surface area (Å²) in [6, 6.07) is 57.4. The molecule has 2 heterocycles. The topological polar surface area (TPSA) is 49.2 Å². The number of aromatic nitrogens is 2. The first-order chi connectivity index (χ1) is 24.1. The Bertz CT molecular complexity index is 2070. The summed E-state index contributed by atoms with van der Waals surface area (Å²) in [7, 11) is -0.964. The van der Waals surface area contributed by atoms with E-state index in [2.05, 4.69) is 128 Å². The average Bonchev–Trinajstić information content (AvgIpc) is 3.14. The van der Waals surface area contributed by atoms with Gasteiger partial charge in [0.15, 0.2) is 0 Å². The van der Waals surface area contributed by atoms with Gasteiger partial charge in [0.1, 0.15) is 5.75 Å². The van der Waals surface area contributed by atoms with E-state index in [-0.39, 0.29) is 26.8 Å². The van der Waals surface area contributed by atoms with E-state index < -0.39 is 7.92 Å². The van der Waals surface area contributed by atoms with Gasteiger partial charge in [0.05, 0.1) is 11.1 Å². The fraction of sp³-hybridized carbons (Fsp3) is 0.0909. The van der Waals surface area contributed by atoms with Gasteiger partial charge in [-0.1, -0.05) is 110 Å². The molecule has 0 aliphatic rings. The van der Waals surface area contributed by atoms with Crippen LogP contribution >= 0.6 is 7.92 Å². The number of phenolic OH excluding ortho intramolecular Hbond substituents is 1. The minimum absolute atomic E-state index is 0. The molecule has 0 aliphatic heterocycles. The number of hydrogen-bond donors (Lipinski definition) is 1. The summed E-state index contributed by atoms with van der Waals surface area (Å²) in [5, 5.41) is 13.5. The van der Waals surface area contributed by atoms with Crippen LogP contribution in [0.5, 0.6) is 5.75 Å². The second-order valence-electron chi connectivity index (χ2n) is 12.3. The Kier molecular flexibility index (Phi) is 11.3. The van der Waals surface area contributed by atoms with Gasteiger partial charge in [-0.05, 0) is 79.8 Å². The van der Waals surface area contributed by atoms with E-state index in [9.17, 15) is 5.11 Å². The number of anilines is 3. The summed E-state index contributed by atoms with van der Waals surface area (Å²) in [5.74, 6) is 0.543. The Balaban J connectivity index is 0.00000432. The Morgan fingerprint density at radius 1 is 0.700 bits per heavy atom. The second-order valence-corrected chi connectivity index (χ2v) is 14.4. The van der Waals surface area contributed by atoms with E-state index in [1.54, 1.807) is 6.07 Å². The zero-order valence-electron chi connectivity index (χ0n) is 27.9. The average molecular weight is 850 g/mol. The Morgan fingerprint density at radius 3 is 1.94 bits per heavy atom. The summed E-state index contributed by atoms with van der Waals surface area (Å²) in [6.07, 6.45) is 2.63. The Labute approximate surface area is 310 Å². The summed E-state index contributed by atoms with van der Waals surface area (Å²) in [4.78, 5) is 12.5. The second kappa shape index (κ2) is 16.2. The molecule has 50 heavy (non-hydrogen) atoms. The summed E-state index contributed by atoms with van der Waals surface area (Å²) in [6.45, 7) is 4.45. The minimum atomic E-state index is -0.964. The fourth-order valence-corrected chi connectivity index (χ4v) is 8.32. The smallest absolute Gasteiger partial charge is 0.124 e. The largest absolute Gasteiger partial charge is 0.507 e. The first kappa shape index (κ1) is 35.0. The molecule has 1 atom stereocenters. The number of pyridine rings is 2. The van der Waals surface area contributed by atoms with Gasteiger partial charge in [-0.3, -0.25) is 9.97 Å². The third kappa shape index (κ3) is 7.63. The number of aromatic hydroxyl groups is 1. The predicted molar refractivity (Wildman–Crippen MR) is 205 cm³/mol. The quantitative estimate of drug-likeness (QED) is 0.110. The van der Waals surface area contributed by atoms with Gasteiger partial charge in [-0.15, -0.1) is 29.8 Å². The van der Waals surface area contributed by atoms with Crippen LogP contribution in [0, 0.1) is 12.0 Å². The van der Waals surface area contributed by atoms with Gasteiger partial charge < -0.3 is 10.0 Å². The Morgan fingerprint density at radius 2 is 1.32 bits per heavy atom. The first-order valence-electron chi connectivity index (χ1n) is 16.6. The molecule has 4 nitrogen and oxygen atoms in total. The number of nitrogens with zero attached hydrogens (tertiary/aromatic N) is 3. The fourth-order valence-electron chi connectivity index (χ4n) is 6.18. The summed E-state index contributed by atoms with van der Waals surface area (Å²) in [5.41, 5.74) is 8.33. The molecule has 0 bridgehead atoms. The molecule has 0 fully saturated rings. The van der Waals surface area contributed by atoms with Crippen molar-refractivity contribution in [3.63, 3.8) is 0 Å². The van der Waals surface area contributed by atoms with Gasteiger partial charge in [0.2, 0.25) is 0 Å². The van der Waals surface area contributed by atoms with Crippen LogP contribution in [0.3, 0.4) is 0 Å². The normalized spacial score (nSPS) is 11.5. The standard InChI is InChI=1S/C44H37N3OP.Pt/c1-32(2)29-39-41(47(34-18-6-3-7-19-34)35-20-8-4-9-21-35)31-40(46-44(39)38-25-12-13-26-42(38)48)33-17-16-24-37(30-33)49(36-22-10-5-11-23-36)43-27-14-15-28-45-43;/h3-28,31-32,48H,29H2,1-2H3;/q-1;. The van der Waals surface area contributed by atoms with Crippen molar-refractivity contribution in [3.05, 3.63) is 176 Å². The van der Waals surface area contributed by atoms with Crippen molar-refractivity contribution in [1.29, 1.82) is 0 Å². The van der Waals surface area contributed by atoms with Crippen molar-refractivity contribution in [1.82, 2.24) is 9.97 Å². The molecule has 5 aromatic carbocycles. The maximum Gasteiger partial charge on any atom is 0.124 e. The molecule has 0 saturated carbocycles.